The van der Waals surface area contributed by atoms with Gasteiger partial charge in [-0.15, -0.1) is 11.3 Å². The van der Waals surface area contributed by atoms with Crippen LogP contribution < -0.4 is 10.1 Å². The first-order chi connectivity index (χ1) is 17.4. The minimum atomic E-state index is -0.596. The Morgan fingerprint density at radius 1 is 1.27 bits per heavy atom. The average molecular weight is 532 g/mol. The number of esters is 2. The predicted octanol–water partition coefficient (Wildman–Crippen LogP) is 4.14. The topological polar surface area (TPSA) is 90.0 Å². The number of rotatable bonds is 10. The summed E-state index contributed by atoms with van der Waals surface area (Å²) in [5, 5.41) is 3.36. The van der Waals surface area contributed by atoms with Crippen molar-refractivity contribution in [1.82, 2.24) is 9.88 Å². The van der Waals surface area contributed by atoms with Crippen LogP contribution in [-0.4, -0.2) is 68.3 Å². The zero-order chi connectivity index (χ0) is 27.2. The summed E-state index contributed by atoms with van der Waals surface area (Å²) in [7, 11) is 5.13. The number of methoxy groups -OCH3 is 1. The molecule has 1 heterocycles. The smallest absolute Gasteiger partial charge is 0.357 e. The van der Waals surface area contributed by atoms with Gasteiger partial charge in [-0.05, 0) is 72.3 Å². The Morgan fingerprint density at radius 2 is 2.00 bits per heavy atom. The normalized spacial score (nSPS) is 13.9. The van der Waals surface area contributed by atoms with E-state index in [1.165, 1.54) is 24.5 Å². The van der Waals surface area contributed by atoms with Crippen LogP contribution in [0.3, 0.4) is 0 Å². The van der Waals surface area contributed by atoms with E-state index in [2.05, 4.69) is 22.1 Å². The highest BCUT2D eigenvalue weighted by Gasteiger charge is 2.45. The lowest BCUT2D eigenvalue weighted by molar-refractivity contribution is -0.152. The Bertz CT molecular complexity index is 1190. The summed E-state index contributed by atoms with van der Waals surface area (Å²) in [5.74, 6) is 4.66. The number of ether oxygens (including phenoxy) is 3. The molecule has 1 aliphatic carbocycles. The molecule has 0 radical (unpaired) electrons. The molecule has 1 aromatic heterocycles. The number of hydrogen-bond acceptors (Lipinski definition) is 9. The standard InChI is InChI=1S/C27H34FN3O5S/c1-26(2,3)36-22(32)16-29-25-30-23(24(33)34-6)21(37-25)15-27(11-12-27)17-35-20-10-9-18(14-19(20)28)8-7-13-31(4)5/h9-10,14H,11-13,15-17H2,1-6H3,(H,29,30). The average Bonchev–Trinajstić information content (AvgIpc) is 3.45. The van der Waals surface area contributed by atoms with E-state index in [1.807, 2.05) is 19.0 Å². The van der Waals surface area contributed by atoms with Crippen LogP contribution in [0.15, 0.2) is 18.2 Å². The molecule has 0 aliphatic heterocycles. The zero-order valence-corrected chi connectivity index (χ0v) is 23.0. The van der Waals surface area contributed by atoms with Crippen molar-refractivity contribution in [3.8, 4) is 17.6 Å². The van der Waals surface area contributed by atoms with Crippen LogP contribution in [-0.2, 0) is 20.7 Å². The Hall–Kier alpha value is -3.16. The van der Waals surface area contributed by atoms with Gasteiger partial charge in [-0.1, -0.05) is 11.8 Å². The lowest BCUT2D eigenvalue weighted by Gasteiger charge is -2.19. The van der Waals surface area contributed by atoms with Crippen molar-refractivity contribution in [1.29, 1.82) is 0 Å². The number of aromatic nitrogens is 1. The lowest BCUT2D eigenvalue weighted by atomic mass is 10.0. The highest BCUT2D eigenvalue weighted by atomic mass is 32.1. The molecule has 37 heavy (non-hydrogen) atoms. The second-order valence-electron chi connectivity index (χ2n) is 10.4. The molecule has 1 aromatic carbocycles. The highest BCUT2D eigenvalue weighted by Crippen LogP contribution is 2.50. The highest BCUT2D eigenvalue weighted by molar-refractivity contribution is 7.15. The first-order valence-corrected chi connectivity index (χ1v) is 12.8. The van der Waals surface area contributed by atoms with Crippen LogP contribution in [0.25, 0.3) is 0 Å². The first kappa shape index (κ1) is 28.4. The summed E-state index contributed by atoms with van der Waals surface area (Å²) in [6.07, 6.45) is 2.28. The van der Waals surface area contributed by atoms with Crippen molar-refractivity contribution in [3.63, 3.8) is 0 Å². The molecular formula is C27H34FN3O5S. The molecule has 200 valence electrons. The number of hydrogen-bond donors (Lipinski definition) is 1. The third-order valence-corrected chi connectivity index (χ3v) is 6.48. The van der Waals surface area contributed by atoms with Gasteiger partial charge in [0.15, 0.2) is 22.4 Å². The number of nitrogens with zero attached hydrogens (tertiary/aromatic N) is 2. The maximum atomic E-state index is 14.6. The molecular weight excluding hydrogens is 497 g/mol. The van der Waals surface area contributed by atoms with Crippen LogP contribution in [0.5, 0.6) is 5.75 Å². The third kappa shape index (κ3) is 8.72. The molecule has 2 aromatic rings. The van der Waals surface area contributed by atoms with Gasteiger partial charge in [0.25, 0.3) is 0 Å². The predicted molar refractivity (Wildman–Crippen MR) is 140 cm³/mol. The fourth-order valence-electron chi connectivity index (χ4n) is 3.44. The van der Waals surface area contributed by atoms with Crippen molar-refractivity contribution >= 4 is 28.4 Å². The molecule has 1 saturated carbocycles. The van der Waals surface area contributed by atoms with Gasteiger partial charge in [-0.2, -0.15) is 0 Å². The maximum Gasteiger partial charge on any atom is 0.357 e. The molecule has 3 rings (SSSR count). The van der Waals surface area contributed by atoms with Crippen molar-refractivity contribution in [2.45, 2.75) is 45.6 Å². The van der Waals surface area contributed by atoms with E-state index in [9.17, 15) is 14.0 Å². The molecule has 0 amide bonds. The van der Waals surface area contributed by atoms with Crippen LogP contribution >= 0.6 is 11.3 Å². The van der Waals surface area contributed by atoms with Gasteiger partial charge in [-0.25, -0.2) is 14.2 Å². The van der Waals surface area contributed by atoms with Crippen molar-refractivity contribution in [2.75, 3.05) is 46.2 Å². The Morgan fingerprint density at radius 3 is 2.59 bits per heavy atom. The molecule has 0 unspecified atom stereocenters. The molecule has 1 N–H and O–H groups in total. The van der Waals surface area contributed by atoms with Gasteiger partial charge in [0.05, 0.1) is 20.3 Å². The number of carbonyl (C=O) groups is 2. The Kier molecular flexibility index (Phi) is 9.16. The van der Waals surface area contributed by atoms with Crippen LogP contribution in [0.2, 0.25) is 0 Å². The first-order valence-electron chi connectivity index (χ1n) is 12.0. The lowest BCUT2D eigenvalue weighted by Crippen LogP contribution is -2.28. The van der Waals surface area contributed by atoms with E-state index >= 15 is 0 Å². The number of anilines is 1. The molecule has 10 heteroatoms. The van der Waals surface area contributed by atoms with Crippen molar-refractivity contribution in [3.05, 3.63) is 40.2 Å². The van der Waals surface area contributed by atoms with Crippen LogP contribution in [0, 0.1) is 23.1 Å². The zero-order valence-electron chi connectivity index (χ0n) is 22.2. The molecule has 0 atom stereocenters. The van der Waals surface area contributed by atoms with E-state index in [0.717, 1.165) is 17.7 Å². The second kappa shape index (κ2) is 11.9. The van der Waals surface area contributed by atoms with E-state index in [1.54, 1.807) is 32.9 Å². The SMILES string of the molecule is COC(=O)c1nc(NCC(=O)OC(C)(C)C)sc1CC1(COc2ccc(C#CCN(C)C)cc2F)CC1. The quantitative estimate of drug-likeness (QED) is 0.362. The minimum Gasteiger partial charge on any atom is -0.490 e. The molecule has 1 fully saturated rings. The third-order valence-electron chi connectivity index (χ3n) is 5.47. The minimum absolute atomic E-state index is 0.0755. The largest absolute Gasteiger partial charge is 0.490 e. The summed E-state index contributed by atoms with van der Waals surface area (Å²) in [4.78, 5) is 31.4. The Labute approximate surface area is 221 Å². The van der Waals surface area contributed by atoms with Gasteiger partial charge in [-0.3, -0.25) is 9.69 Å². The van der Waals surface area contributed by atoms with E-state index in [-0.39, 0.29) is 23.4 Å². The number of thiazole rings is 1. The van der Waals surface area contributed by atoms with Gasteiger partial charge in [0, 0.05) is 15.9 Å². The maximum absolute atomic E-state index is 14.6. The second-order valence-corrected chi connectivity index (χ2v) is 11.5. The molecule has 0 spiro atoms. The molecule has 8 nitrogen and oxygen atoms in total. The number of benzene rings is 1. The molecule has 0 saturated heterocycles. The Balaban J connectivity index is 1.65. The van der Waals surface area contributed by atoms with Crippen LogP contribution in [0.1, 0.15) is 54.5 Å². The van der Waals surface area contributed by atoms with Gasteiger partial charge < -0.3 is 19.5 Å². The summed E-state index contributed by atoms with van der Waals surface area (Å²) in [5.41, 5.74) is -0.0281. The monoisotopic (exact) mass is 531 g/mol. The summed E-state index contributed by atoms with van der Waals surface area (Å²) in [6.45, 7) is 6.19. The van der Waals surface area contributed by atoms with Gasteiger partial charge in [0.2, 0.25) is 0 Å². The van der Waals surface area contributed by atoms with Crippen molar-refractivity contribution < 1.29 is 28.2 Å². The fraction of sp³-hybridized carbons (Fsp3) is 0.519. The fourth-order valence-corrected chi connectivity index (χ4v) is 4.56. The molecule has 0 bridgehead atoms. The van der Waals surface area contributed by atoms with E-state index in [0.29, 0.717) is 30.3 Å². The van der Waals surface area contributed by atoms with Crippen LogP contribution in [0.4, 0.5) is 9.52 Å². The number of nitrogens with one attached hydrogen (secondary N) is 1. The summed E-state index contributed by atoms with van der Waals surface area (Å²) >= 11 is 1.29. The van der Waals surface area contributed by atoms with E-state index in [4.69, 9.17) is 14.2 Å². The van der Waals surface area contributed by atoms with Gasteiger partial charge in [0.1, 0.15) is 12.1 Å². The summed E-state index contributed by atoms with van der Waals surface area (Å²) in [6, 6.07) is 4.71. The van der Waals surface area contributed by atoms with Gasteiger partial charge >= 0.3 is 11.9 Å². The van der Waals surface area contributed by atoms with Crippen molar-refractivity contribution in [2.24, 2.45) is 5.41 Å². The number of carbonyl (C=O) groups excluding carboxylic acids is 2. The summed E-state index contributed by atoms with van der Waals surface area (Å²) < 4.78 is 30.7. The van der Waals surface area contributed by atoms with E-state index < -0.39 is 23.4 Å². The number of halogens is 1. The molecule has 1 aliphatic rings.